The number of anilines is 2. The number of aliphatic hydroxyl groups excluding tert-OH is 2. The Labute approximate surface area is 190 Å². The summed E-state index contributed by atoms with van der Waals surface area (Å²) in [6.45, 7) is 5.15. The SMILES string of the molecule is Cc1ccc2nc(NC(=O)N3CCN(c4ncc(C[C@H](O)CO)cc4O)C[C@@H]3C)sc2c1. The molecule has 170 valence electrons. The third-order valence-corrected chi connectivity index (χ3v) is 6.47. The highest BCUT2D eigenvalue weighted by Gasteiger charge is 2.29. The summed E-state index contributed by atoms with van der Waals surface area (Å²) in [6, 6.07) is 7.27. The number of hydrogen-bond acceptors (Lipinski definition) is 8. The summed E-state index contributed by atoms with van der Waals surface area (Å²) in [6.07, 6.45) is 0.920. The molecule has 4 rings (SSSR count). The van der Waals surface area contributed by atoms with E-state index in [1.165, 1.54) is 11.3 Å². The van der Waals surface area contributed by atoms with Crippen molar-refractivity contribution in [2.24, 2.45) is 0 Å². The van der Waals surface area contributed by atoms with Gasteiger partial charge in [0, 0.05) is 38.3 Å². The molecule has 1 aliphatic rings. The van der Waals surface area contributed by atoms with Crippen LogP contribution in [0.5, 0.6) is 5.75 Å². The Bertz CT molecular complexity index is 1120. The van der Waals surface area contributed by atoms with Crippen molar-refractivity contribution in [2.75, 3.05) is 36.5 Å². The van der Waals surface area contributed by atoms with Crippen molar-refractivity contribution in [1.82, 2.24) is 14.9 Å². The predicted molar refractivity (Wildman–Crippen MR) is 124 cm³/mol. The van der Waals surface area contributed by atoms with E-state index in [1.54, 1.807) is 17.2 Å². The van der Waals surface area contributed by atoms with Gasteiger partial charge in [-0.1, -0.05) is 17.4 Å². The van der Waals surface area contributed by atoms with Crippen LogP contribution in [-0.2, 0) is 6.42 Å². The molecule has 0 unspecified atom stereocenters. The lowest BCUT2D eigenvalue weighted by atomic mass is 10.1. The van der Waals surface area contributed by atoms with Gasteiger partial charge in [-0.25, -0.2) is 14.8 Å². The molecular weight excluding hydrogens is 430 g/mol. The number of amides is 2. The monoisotopic (exact) mass is 457 g/mol. The molecule has 0 bridgehead atoms. The first-order valence-electron chi connectivity index (χ1n) is 10.5. The van der Waals surface area contributed by atoms with Crippen molar-refractivity contribution < 1.29 is 20.1 Å². The molecule has 0 aliphatic carbocycles. The number of aliphatic hydroxyl groups is 2. The second kappa shape index (κ2) is 9.27. The minimum atomic E-state index is -0.886. The molecule has 2 atom stereocenters. The third-order valence-electron chi connectivity index (χ3n) is 5.53. The van der Waals surface area contributed by atoms with E-state index in [1.807, 2.05) is 30.9 Å². The Balaban J connectivity index is 1.39. The molecule has 2 amide bonds. The fraction of sp³-hybridized carbons (Fsp3) is 0.409. The highest BCUT2D eigenvalue weighted by molar-refractivity contribution is 7.22. The van der Waals surface area contributed by atoms with Gasteiger partial charge in [0.05, 0.1) is 22.9 Å². The van der Waals surface area contributed by atoms with Crippen LogP contribution in [0.4, 0.5) is 15.7 Å². The Hall–Kier alpha value is -2.95. The average Bonchev–Trinajstić information content (AvgIpc) is 3.14. The largest absolute Gasteiger partial charge is 0.504 e. The van der Waals surface area contributed by atoms with Gasteiger partial charge >= 0.3 is 6.03 Å². The van der Waals surface area contributed by atoms with Crippen LogP contribution >= 0.6 is 11.3 Å². The van der Waals surface area contributed by atoms with E-state index in [4.69, 9.17) is 5.11 Å². The van der Waals surface area contributed by atoms with Crippen LogP contribution in [0.3, 0.4) is 0 Å². The van der Waals surface area contributed by atoms with E-state index in [9.17, 15) is 15.0 Å². The smallest absolute Gasteiger partial charge is 0.324 e. The topological polar surface area (TPSA) is 122 Å². The van der Waals surface area contributed by atoms with Gasteiger partial charge in [-0.15, -0.1) is 0 Å². The summed E-state index contributed by atoms with van der Waals surface area (Å²) in [5.41, 5.74) is 2.66. The number of pyridine rings is 1. The lowest BCUT2D eigenvalue weighted by Crippen LogP contribution is -2.55. The number of carbonyl (C=O) groups is 1. The molecule has 32 heavy (non-hydrogen) atoms. The predicted octanol–water partition coefficient (Wildman–Crippen LogP) is 2.34. The van der Waals surface area contributed by atoms with Crippen molar-refractivity contribution in [3.63, 3.8) is 0 Å². The second-order valence-electron chi connectivity index (χ2n) is 8.14. The molecule has 3 heterocycles. The Morgan fingerprint density at radius 3 is 2.88 bits per heavy atom. The van der Waals surface area contributed by atoms with Gasteiger partial charge in [-0.3, -0.25) is 5.32 Å². The Morgan fingerprint density at radius 2 is 2.16 bits per heavy atom. The molecule has 1 saturated heterocycles. The number of urea groups is 1. The number of rotatable bonds is 5. The van der Waals surface area contributed by atoms with Gasteiger partial charge in [-0.05, 0) is 43.2 Å². The second-order valence-corrected chi connectivity index (χ2v) is 9.17. The maximum Gasteiger partial charge on any atom is 0.324 e. The van der Waals surface area contributed by atoms with E-state index in [0.717, 1.165) is 15.8 Å². The lowest BCUT2D eigenvalue weighted by molar-refractivity contribution is 0.0954. The fourth-order valence-electron chi connectivity index (χ4n) is 3.88. The highest BCUT2D eigenvalue weighted by Crippen LogP contribution is 2.29. The van der Waals surface area contributed by atoms with Crippen molar-refractivity contribution in [1.29, 1.82) is 0 Å². The summed E-state index contributed by atoms with van der Waals surface area (Å²) in [5, 5.41) is 32.5. The number of nitrogens with zero attached hydrogens (tertiary/aromatic N) is 4. The normalized spacial score (nSPS) is 17.6. The maximum absolute atomic E-state index is 12.9. The first kappa shape index (κ1) is 22.3. The molecule has 3 aromatic rings. The molecule has 1 aliphatic heterocycles. The van der Waals surface area contributed by atoms with Gasteiger partial charge in [0.1, 0.15) is 0 Å². The van der Waals surface area contributed by atoms with Crippen LogP contribution < -0.4 is 10.2 Å². The zero-order valence-electron chi connectivity index (χ0n) is 18.0. The number of benzene rings is 1. The highest BCUT2D eigenvalue weighted by atomic mass is 32.1. The summed E-state index contributed by atoms with van der Waals surface area (Å²) < 4.78 is 1.04. The fourth-order valence-corrected chi connectivity index (χ4v) is 4.83. The van der Waals surface area contributed by atoms with E-state index in [0.29, 0.717) is 36.1 Å². The summed E-state index contributed by atoms with van der Waals surface area (Å²) in [7, 11) is 0. The molecule has 10 heteroatoms. The van der Waals surface area contributed by atoms with Crippen molar-refractivity contribution in [3.8, 4) is 5.75 Å². The summed E-state index contributed by atoms with van der Waals surface area (Å²) in [4.78, 5) is 25.4. The summed E-state index contributed by atoms with van der Waals surface area (Å²) >= 11 is 1.45. The summed E-state index contributed by atoms with van der Waals surface area (Å²) in [5.74, 6) is 0.461. The average molecular weight is 458 g/mol. The number of thiazole rings is 1. The van der Waals surface area contributed by atoms with Gasteiger partial charge in [-0.2, -0.15) is 0 Å². The zero-order chi connectivity index (χ0) is 22.8. The first-order valence-corrected chi connectivity index (χ1v) is 11.3. The Kier molecular flexibility index (Phi) is 6.45. The molecule has 1 fully saturated rings. The molecule has 1 aromatic carbocycles. The molecule has 9 nitrogen and oxygen atoms in total. The van der Waals surface area contributed by atoms with Crippen LogP contribution in [0.25, 0.3) is 10.2 Å². The minimum absolute atomic E-state index is 0.0162. The van der Waals surface area contributed by atoms with Crippen LogP contribution in [-0.4, -0.2) is 74.6 Å². The number of hydrogen-bond donors (Lipinski definition) is 4. The van der Waals surface area contributed by atoms with Gasteiger partial charge in [0.15, 0.2) is 16.7 Å². The van der Waals surface area contributed by atoms with Gasteiger partial charge in [0.2, 0.25) is 0 Å². The molecule has 0 radical (unpaired) electrons. The zero-order valence-corrected chi connectivity index (χ0v) is 18.8. The number of fused-ring (bicyclic) bond motifs is 1. The number of aromatic nitrogens is 2. The van der Waals surface area contributed by atoms with Gasteiger partial charge < -0.3 is 25.1 Å². The molecule has 0 spiro atoms. The maximum atomic E-state index is 12.9. The standard InChI is InChI=1S/C22H27N5O4S/c1-13-3-4-17-19(7-13)32-21(24-17)25-22(31)27-6-5-26(11-14(27)2)20-18(30)9-15(10-23-20)8-16(29)12-28/h3-4,7,9-10,14,16,28-30H,5-6,8,11-12H2,1-2H3,(H,24,25,31)/t14-,16-/m0/s1. The molecule has 4 N–H and O–H groups in total. The van der Waals surface area contributed by atoms with Crippen molar-refractivity contribution in [2.45, 2.75) is 32.4 Å². The molecule has 2 aromatic heterocycles. The van der Waals surface area contributed by atoms with Crippen LogP contribution in [0.15, 0.2) is 30.5 Å². The van der Waals surface area contributed by atoms with Gasteiger partial charge in [0.25, 0.3) is 0 Å². The van der Waals surface area contributed by atoms with E-state index >= 15 is 0 Å². The number of piperazine rings is 1. The number of carbonyl (C=O) groups excluding carboxylic acids is 1. The number of nitrogens with one attached hydrogen (secondary N) is 1. The number of aryl methyl sites for hydroxylation is 1. The van der Waals surface area contributed by atoms with Crippen molar-refractivity contribution in [3.05, 3.63) is 41.6 Å². The van der Waals surface area contributed by atoms with E-state index in [2.05, 4.69) is 21.4 Å². The van der Waals surface area contributed by atoms with Crippen LogP contribution in [0.2, 0.25) is 0 Å². The minimum Gasteiger partial charge on any atom is -0.504 e. The van der Waals surface area contributed by atoms with Crippen molar-refractivity contribution >= 4 is 38.5 Å². The van der Waals surface area contributed by atoms with E-state index in [-0.39, 0.29) is 30.9 Å². The third kappa shape index (κ3) is 4.77. The number of aromatic hydroxyl groups is 1. The Morgan fingerprint density at radius 1 is 1.34 bits per heavy atom. The first-order chi connectivity index (χ1) is 15.3. The van der Waals surface area contributed by atoms with E-state index < -0.39 is 6.10 Å². The van der Waals surface area contributed by atoms with Crippen LogP contribution in [0, 0.1) is 6.92 Å². The quantitative estimate of drug-likeness (QED) is 0.464. The molecular formula is C22H27N5O4S. The molecule has 0 saturated carbocycles. The van der Waals surface area contributed by atoms with Crippen LogP contribution in [0.1, 0.15) is 18.1 Å². The lowest BCUT2D eigenvalue weighted by Gasteiger charge is -2.40.